The number of carbonyl (C=O) groups excluding carboxylic acids is 3. The summed E-state index contributed by atoms with van der Waals surface area (Å²) in [5, 5.41) is 157. The summed E-state index contributed by atoms with van der Waals surface area (Å²) in [6.45, 7) is -2.32. The summed E-state index contributed by atoms with van der Waals surface area (Å²) < 4.78 is 94.4. The number of hydrogen-bond acceptors (Lipinski definition) is 30. The standard InChI is InChI=1S/C40H67N3O32S/c1-11(47)41-20-14(50)5-40(39(60)61,74-33(20)23(52)15(51)6-44)75-34-25(54)17(8-46)69-38(30(34)59)73-32-22(43-13(3)49)35(65-4)70-18(26(32)55)9-66-36-21(42-12(2)48)27(56)31(19(71-36)10-67-76(62,63)64)72-37-29(58)28(57)24(53)16(7-45)68-37/h14-38,44-46,50-59H,5-10H2,1-4H3,(H,41,47)(H,42,48)(H,43,49)(H,60,61)(H,62,63,64)/t14-,15+,16+,17+,18+,19+,20+,21+,22+,23+,24-,25-,26-,27+,28-,29+,30+,31+,32+,33+,34-,35-,36+,37-,38-,40-/m0/s1. The molecule has 0 spiro atoms. The molecule has 0 saturated carbocycles. The van der Waals surface area contributed by atoms with Crippen molar-refractivity contribution in [1.29, 1.82) is 0 Å². The lowest BCUT2D eigenvalue weighted by molar-refractivity contribution is -0.382. The largest absolute Gasteiger partial charge is 0.477 e. The van der Waals surface area contributed by atoms with Crippen molar-refractivity contribution in [2.45, 2.75) is 186 Å². The van der Waals surface area contributed by atoms with E-state index in [-0.39, 0.29) is 0 Å². The summed E-state index contributed by atoms with van der Waals surface area (Å²) in [6, 6.07) is -5.03. The fraction of sp³-hybridized carbons (Fsp3) is 0.900. The van der Waals surface area contributed by atoms with Gasteiger partial charge in [-0.3, -0.25) is 18.9 Å². The van der Waals surface area contributed by atoms with Gasteiger partial charge in [0.05, 0.1) is 45.2 Å². The Labute approximate surface area is 430 Å². The lowest BCUT2D eigenvalue weighted by atomic mass is 9.88. The fourth-order valence-corrected chi connectivity index (χ4v) is 9.47. The highest BCUT2D eigenvalue weighted by Gasteiger charge is 2.61. The van der Waals surface area contributed by atoms with E-state index in [2.05, 4.69) is 20.1 Å². The van der Waals surface area contributed by atoms with Crippen LogP contribution >= 0.6 is 0 Å². The predicted octanol–water partition coefficient (Wildman–Crippen LogP) is -11.8. The summed E-state index contributed by atoms with van der Waals surface area (Å²) >= 11 is 0. The monoisotopic (exact) mass is 1130 g/mol. The minimum Gasteiger partial charge on any atom is -0.477 e. The Morgan fingerprint density at radius 3 is 1.67 bits per heavy atom. The number of carbonyl (C=O) groups is 4. The van der Waals surface area contributed by atoms with E-state index in [4.69, 9.17) is 47.4 Å². The zero-order chi connectivity index (χ0) is 56.9. The number of methoxy groups -OCH3 is 1. The van der Waals surface area contributed by atoms with Crippen LogP contribution in [-0.2, 0) is 81.1 Å². The number of carboxylic acid groups (broad SMARTS) is 1. The summed E-state index contributed by atoms with van der Waals surface area (Å²) in [6.07, 6.45) is -45.4. The van der Waals surface area contributed by atoms with E-state index >= 15 is 0 Å². The zero-order valence-corrected chi connectivity index (χ0v) is 41.5. The number of amides is 3. The van der Waals surface area contributed by atoms with Gasteiger partial charge in [0.2, 0.25) is 17.7 Å². The molecule has 5 rings (SSSR count). The lowest BCUT2D eigenvalue weighted by Crippen LogP contribution is -2.71. The van der Waals surface area contributed by atoms with Crippen molar-refractivity contribution in [3.05, 3.63) is 0 Å². The maximum absolute atomic E-state index is 13.0. The van der Waals surface area contributed by atoms with E-state index in [1.54, 1.807) is 0 Å². The average molecular weight is 1130 g/mol. The quantitative estimate of drug-likeness (QED) is 0.0448. The molecule has 26 atom stereocenters. The van der Waals surface area contributed by atoms with Gasteiger partial charge >= 0.3 is 16.4 Å². The van der Waals surface area contributed by atoms with Gasteiger partial charge in [-0.05, 0) is 0 Å². The molecular formula is C40H67N3O32S. The summed E-state index contributed by atoms with van der Waals surface area (Å²) in [5.41, 5.74) is 0. The van der Waals surface area contributed by atoms with Crippen molar-refractivity contribution in [2.24, 2.45) is 0 Å². The first-order valence-corrected chi connectivity index (χ1v) is 24.6. The van der Waals surface area contributed by atoms with Crippen LogP contribution in [-0.4, -0.2) is 307 Å². The minimum atomic E-state index is -5.28. The molecule has 5 heterocycles. The van der Waals surface area contributed by atoms with Gasteiger partial charge in [-0.15, -0.1) is 0 Å². The summed E-state index contributed by atoms with van der Waals surface area (Å²) in [5.74, 6) is -7.77. The molecule has 0 aliphatic carbocycles. The van der Waals surface area contributed by atoms with Gasteiger partial charge in [0.25, 0.3) is 5.79 Å². The second-order valence-electron chi connectivity index (χ2n) is 18.4. The molecule has 35 nitrogen and oxygen atoms in total. The van der Waals surface area contributed by atoms with Crippen molar-refractivity contribution < 1.29 is 155 Å². The number of carboxylic acids is 1. The van der Waals surface area contributed by atoms with Gasteiger partial charge in [-0.1, -0.05) is 0 Å². The maximum Gasteiger partial charge on any atom is 0.397 e. The number of aliphatic hydroxyl groups excluding tert-OH is 13. The molecule has 0 bridgehead atoms. The van der Waals surface area contributed by atoms with Crippen molar-refractivity contribution in [2.75, 3.05) is 40.1 Å². The van der Waals surface area contributed by atoms with Crippen LogP contribution in [0.1, 0.15) is 27.2 Å². The van der Waals surface area contributed by atoms with E-state index in [0.29, 0.717) is 0 Å². The smallest absolute Gasteiger partial charge is 0.397 e. The Morgan fingerprint density at radius 2 is 1.13 bits per heavy atom. The second-order valence-corrected chi connectivity index (χ2v) is 19.5. The van der Waals surface area contributed by atoms with Crippen molar-refractivity contribution in [3.8, 4) is 0 Å². The Balaban J connectivity index is 1.44. The van der Waals surface area contributed by atoms with Crippen LogP contribution in [0.25, 0.3) is 0 Å². The molecule has 0 aromatic carbocycles. The van der Waals surface area contributed by atoms with E-state index in [1.165, 1.54) is 0 Å². The molecule has 76 heavy (non-hydrogen) atoms. The number of nitrogens with one attached hydrogen (secondary N) is 3. The molecule has 440 valence electrons. The predicted molar refractivity (Wildman–Crippen MR) is 234 cm³/mol. The number of hydrogen-bond donors (Lipinski definition) is 18. The second kappa shape index (κ2) is 26.9. The molecule has 0 aromatic rings. The Kier molecular flexibility index (Phi) is 22.5. The van der Waals surface area contributed by atoms with Crippen LogP contribution in [0.5, 0.6) is 0 Å². The lowest BCUT2D eigenvalue weighted by Gasteiger charge is -2.51. The Hall–Kier alpha value is -3.17. The molecule has 18 N–H and O–H groups in total. The number of aliphatic carboxylic acids is 1. The molecular weight excluding hydrogens is 1070 g/mol. The zero-order valence-electron chi connectivity index (χ0n) is 40.7. The van der Waals surface area contributed by atoms with Crippen LogP contribution in [0.2, 0.25) is 0 Å². The molecule has 3 amide bonds. The van der Waals surface area contributed by atoms with E-state index in [0.717, 1.165) is 27.9 Å². The molecule has 5 saturated heterocycles. The molecule has 5 aliphatic heterocycles. The first-order chi connectivity index (χ1) is 35.5. The first kappa shape index (κ1) is 63.7. The first-order valence-electron chi connectivity index (χ1n) is 23.3. The van der Waals surface area contributed by atoms with Gasteiger partial charge in [0, 0.05) is 34.3 Å². The van der Waals surface area contributed by atoms with Crippen LogP contribution in [0.3, 0.4) is 0 Å². The third-order valence-electron chi connectivity index (χ3n) is 12.9. The number of rotatable bonds is 22. The Morgan fingerprint density at radius 1 is 0.618 bits per heavy atom. The number of ether oxygens (including phenoxy) is 10. The molecule has 36 heteroatoms. The maximum atomic E-state index is 13.0. The minimum absolute atomic E-state index is 0.806. The van der Waals surface area contributed by atoms with Crippen molar-refractivity contribution >= 4 is 34.1 Å². The van der Waals surface area contributed by atoms with Gasteiger partial charge in [0.15, 0.2) is 25.2 Å². The van der Waals surface area contributed by atoms with E-state index < -0.39 is 232 Å². The van der Waals surface area contributed by atoms with Crippen LogP contribution in [0.15, 0.2) is 0 Å². The third kappa shape index (κ3) is 14.8. The molecule has 5 fully saturated rings. The van der Waals surface area contributed by atoms with Gasteiger partial charge in [-0.2, -0.15) is 8.42 Å². The highest BCUT2D eigenvalue weighted by atomic mass is 32.3. The molecule has 0 aromatic heterocycles. The van der Waals surface area contributed by atoms with Crippen LogP contribution in [0.4, 0.5) is 0 Å². The summed E-state index contributed by atoms with van der Waals surface area (Å²) in [4.78, 5) is 50.2. The fourth-order valence-electron chi connectivity index (χ4n) is 9.16. The van der Waals surface area contributed by atoms with Crippen molar-refractivity contribution in [3.63, 3.8) is 0 Å². The van der Waals surface area contributed by atoms with Gasteiger partial charge in [0.1, 0.15) is 116 Å². The normalized spacial score (nSPS) is 43.1. The number of aliphatic hydroxyl groups is 13. The highest BCUT2D eigenvalue weighted by molar-refractivity contribution is 7.80. The molecule has 0 unspecified atom stereocenters. The average Bonchev–Trinajstić information content (AvgIpc) is 3.34. The van der Waals surface area contributed by atoms with Crippen LogP contribution < -0.4 is 16.0 Å². The topological polar surface area (TPSA) is 543 Å². The molecule has 0 radical (unpaired) electrons. The van der Waals surface area contributed by atoms with E-state index in [1.807, 2.05) is 0 Å². The third-order valence-corrected chi connectivity index (χ3v) is 13.3. The SMILES string of the molecule is CO[C@H]1O[C@H](CO[C@@H]2O[C@H](COS(=O)(=O)O)[C@@H](O[C@@H]3O[C@H](CO)[C@H](O)[C@H](O)[C@H]3O)[C@H](O)[C@H]2NC(C)=O)[C@H](O)[C@H](O[C@@H]2O[C@H](CO)[C@H](O)[C@H](O[C@]3(C(=O)O)C[C@H](O)[C@@H](NC(C)=O)[C@H]([C@H](O)[C@H](O)CO)O3)[C@H]2O)[C@H]1NC(C)=O. The van der Waals surface area contributed by atoms with Crippen LogP contribution in [0, 0.1) is 0 Å². The Bertz CT molecular complexity index is 2050. The van der Waals surface area contributed by atoms with E-state index in [9.17, 15) is 104 Å². The van der Waals surface area contributed by atoms with Gasteiger partial charge < -0.3 is 135 Å². The van der Waals surface area contributed by atoms with Crippen molar-refractivity contribution in [1.82, 2.24) is 16.0 Å². The highest BCUT2D eigenvalue weighted by Crippen LogP contribution is 2.39. The summed E-state index contributed by atoms with van der Waals surface area (Å²) in [7, 11) is -4.22. The molecule has 5 aliphatic rings. The van der Waals surface area contributed by atoms with Gasteiger partial charge in [-0.25, -0.2) is 8.98 Å².